The van der Waals surface area contributed by atoms with Crippen LogP contribution >= 0.6 is 0 Å². The van der Waals surface area contributed by atoms with Crippen molar-refractivity contribution in [3.63, 3.8) is 0 Å². The number of benzene rings is 4. The number of aromatic nitrogens is 4. The van der Waals surface area contributed by atoms with Crippen LogP contribution in [0.1, 0.15) is 35.4 Å². The van der Waals surface area contributed by atoms with Gasteiger partial charge in [-0.05, 0) is 71.1 Å². The number of nitrogens with one attached hydrogen (secondary N) is 2. The molecule has 1 unspecified atom stereocenters. The second-order valence-corrected chi connectivity index (χ2v) is 9.45. The molecule has 0 saturated carbocycles. The summed E-state index contributed by atoms with van der Waals surface area (Å²) in [6, 6.07) is 24.4. The van der Waals surface area contributed by atoms with Crippen LogP contribution in [0, 0.1) is 18.6 Å². The Hall–Kier alpha value is -4.59. The van der Waals surface area contributed by atoms with Crippen LogP contribution in [0.25, 0.3) is 22.5 Å². The standard InChI is InChI=1S/C30H25F2N5O/c1-18-9-11-23(30-34-36-37-35-30)24(14-18)20-15-25-22(19-6-3-2-4-7-19)8-5-13-38-29(25)28(16-20)33-21-10-12-26(31)27(32)17-21/h2-4,6-7,9-12,14-17,22,33H,5,8,13H2,1H3,(H,34,35,36,37). The van der Waals surface area contributed by atoms with Crippen molar-refractivity contribution in [2.75, 3.05) is 11.9 Å². The summed E-state index contributed by atoms with van der Waals surface area (Å²) in [6.07, 6.45) is 1.80. The third-order valence-corrected chi connectivity index (χ3v) is 6.86. The zero-order valence-electron chi connectivity index (χ0n) is 20.7. The van der Waals surface area contributed by atoms with Crippen molar-refractivity contribution in [3.8, 4) is 28.3 Å². The molecular formula is C30H25F2N5O. The van der Waals surface area contributed by atoms with Gasteiger partial charge < -0.3 is 10.1 Å². The maximum Gasteiger partial charge on any atom is 0.180 e. The van der Waals surface area contributed by atoms with Crippen molar-refractivity contribution in [1.82, 2.24) is 20.6 Å². The molecule has 0 aliphatic carbocycles. The smallest absolute Gasteiger partial charge is 0.180 e. The van der Waals surface area contributed by atoms with Gasteiger partial charge >= 0.3 is 0 Å². The van der Waals surface area contributed by atoms with Crippen LogP contribution in [0.2, 0.25) is 0 Å². The Labute approximate surface area is 218 Å². The highest BCUT2D eigenvalue weighted by atomic mass is 19.2. The molecule has 2 N–H and O–H groups in total. The Bertz CT molecular complexity index is 1590. The second-order valence-electron chi connectivity index (χ2n) is 9.45. The normalized spacial score (nSPS) is 14.9. The van der Waals surface area contributed by atoms with Gasteiger partial charge in [0.05, 0.1) is 12.3 Å². The highest BCUT2D eigenvalue weighted by Crippen LogP contribution is 2.46. The number of ether oxygens (including phenoxy) is 1. The van der Waals surface area contributed by atoms with Crippen LogP contribution in [0.4, 0.5) is 20.2 Å². The summed E-state index contributed by atoms with van der Waals surface area (Å²) in [6.45, 7) is 2.59. The van der Waals surface area contributed by atoms with Gasteiger partial charge in [-0.1, -0.05) is 54.1 Å². The minimum Gasteiger partial charge on any atom is -0.491 e. The van der Waals surface area contributed by atoms with Crippen molar-refractivity contribution in [3.05, 3.63) is 107 Å². The number of H-pyrrole nitrogens is 1. The van der Waals surface area contributed by atoms with E-state index < -0.39 is 11.6 Å². The average molecular weight is 510 g/mol. The lowest BCUT2D eigenvalue weighted by molar-refractivity contribution is 0.318. The molecule has 0 radical (unpaired) electrons. The Morgan fingerprint density at radius 2 is 1.79 bits per heavy atom. The van der Waals surface area contributed by atoms with Crippen LogP contribution in [-0.2, 0) is 0 Å². The van der Waals surface area contributed by atoms with Crippen LogP contribution in [-0.4, -0.2) is 27.2 Å². The van der Waals surface area contributed by atoms with Gasteiger partial charge in [0.2, 0.25) is 0 Å². The summed E-state index contributed by atoms with van der Waals surface area (Å²) < 4.78 is 34.1. The molecule has 190 valence electrons. The molecule has 0 bridgehead atoms. The molecule has 4 aromatic carbocycles. The highest BCUT2D eigenvalue weighted by molar-refractivity contribution is 5.85. The number of fused-ring (bicyclic) bond motifs is 1. The molecule has 6 nitrogen and oxygen atoms in total. The number of anilines is 2. The van der Waals surface area contributed by atoms with E-state index in [-0.39, 0.29) is 5.92 Å². The minimum atomic E-state index is -0.917. The van der Waals surface area contributed by atoms with Gasteiger partial charge in [-0.25, -0.2) is 13.9 Å². The van der Waals surface area contributed by atoms with Gasteiger partial charge in [0.1, 0.15) is 5.75 Å². The zero-order chi connectivity index (χ0) is 26.1. The maximum atomic E-state index is 14.1. The van der Waals surface area contributed by atoms with Crippen molar-refractivity contribution in [1.29, 1.82) is 0 Å². The Morgan fingerprint density at radius 3 is 2.58 bits per heavy atom. The monoisotopic (exact) mass is 509 g/mol. The van der Waals surface area contributed by atoms with Crippen molar-refractivity contribution in [2.45, 2.75) is 25.7 Å². The van der Waals surface area contributed by atoms with Crippen molar-refractivity contribution >= 4 is 11.4 Å². The average Bonchev–Trinajstić information content (AvgIpc) is 3.38. The number of hydrogen-bond donors (Lipinski definition) is 2. The lowest BCUT2D eigenvalue weighted by Gasteiger charge is -2.22. The summed E-state index contributed by atoms with van der Waals surface area (Å²) >= 11 is 0. The number of nitrogens with zero attached hydrogens (tertiary/aromatic N) is 3. The van der Waals surface area contributed by atoms with E-state index >= 15 is 0 Å². The van der Waals surface area contributed by atoms with E-state index in [1.54, 1.807) is 0 Å². The molecule has 8 heteroatoms. The van der Waals surface area contributed by atoms with E-state index in [1.165, 1.54) is 11.6 Å². The molecule has 0 saturated heterocycles. The quantitative estimate of drug-likeness (QED) is 0.263. The summed E-state index contributed by atoms with van der Waals surface area (Å²) in [5, 5.41) is 17.8. The first-order chi connectivity index (χ1) is 18.6. The van der Waals surface area contributed by atoms with Gasteiger partial charge in [-0.3, -0.25) is 0 Å². The van der Waals surface area contributed by atoms with Gasteiger partial charge in [-0.15, -0.1) is 5.10 Å². The minimum absolute atomic E-state index is 0.0966. The zero-order valence-corrected chi connectivity index (χ0v) is 20.7. The van der Waals surface area contributed by atoms with Crippen molar-refractivity contribution in [2.24, 2.45) is 0 Å². The number of halogens is 2. The summed E-state index contributed by atoms with van der Waals surface area (Å²) in [4.78, 5) is 0. The van der Waals surface area contributed by atoms with Crippen LogP contribution in [0.5, 0.6) is 5.75 Å². The molecule has 1 aliphatic heterocycles. The summed E-state index contributed by atoms with van der Waals surface area (Å²) in [5.41, 5.74) is 7.12. The first-order valence-corrected chi connectivity index (χ1v) is 12.5. The molecule has 6 rings (SSSR count). The predicted molar refractivity (Wildman–Crippen MR) is 142 cm³/mol. The second kappa shape index (κ2) is 10.0. The Morgan fingerprint density at radius 1 is 0.921 bits per heavy atom. The summed E-state index contributed by atoms with van der Waals surface area (Å²) in [5.74, 6) is -0.451. The van der Waals surface area contributed by atoms with E-state index in [9.17, 15) is 8.78 Å². The lowest BCUT2D eigenvalue weighted by atomic mass is 9.85. The number of hydrogen-bond acceptors (Lipinski definition) is 5. The van der Waals surface area contributed by atoms with E-state index in [1.807, 2.05) is 43.3 Å². The molecule has 0 fully saturated rings. The number of aryl methyl sites for hydroxylation is 1. The molecule has 0 amide bonds. The lowest BCUT2D eigenvalue weighted by Crippen LogP contribution is -2.04. The number of rotatable bonds is 5. The SMILES string of the molecule is Cc1ccc(-c2nnn[nH]2)c(-c2cc(Nc3ccc(F)c(F)c3)c3c(c2)C(c2ccccc2)CCCO3)c1. The maximum absolute atomic E-state index is 14.1. The van der Waals surface area contributed by atoms with Gasteiger partial charge in [0.15, 0.2) is 17.5 Å². The molecule has 5 aromatic rings. The number of tetrazole rings is 1. The first-order valence-electron chi connectivity index (χ1n) is 12.5. The van der Waals surface area contributed by atoms with Gasteiger partial charge in [0, 0.05) is 28.8 Å². The van der Waals surface area contributed by atoms with Crippen LogP contribution in [0.3, 0.4) is 0 Å². The first kappa shape index (κ1) is 23.8. The van der Waals surface area contributed by atoms with Crippen LogP contribution in [0.15, 0.2) is 78.9 Å². The van der Waals surface area contributed by atoms with Gasteiger partial charge in [0.25, 0.3) is 0 Å². The number of aromatic amines is 1. The topological polar surface area (TPSA) is 75.7 Å². The fourth-order valence-electron chi connectivity index (χ4n) is 5.07. The molecule has 1 atom stereocenters. The molecule has 1 aromatic heterocycles. The molecule has 0 spiro atoms. The van der Waals surface area contributed by atoms with Crippen LogP contribution < -0.4 is 10.1 Å². The van der Waals surface area contributed by atoms with E-state index in [0.29, 0.717) is 29.6 Å². The third kappa shape index (κ3) is 4.61. The molecule has 1 aliphatic rings. The van der Waals surface area contributed by atoms with Crippen molar-refractivity contribution < 1.29 is 13.5 Å². The molecule has 2 heterocycles. The third-order valence-electron chi connectivity index (χ3n) is 6.86. The summed E-state index contributed by atoms with van der Waals surface area (Å²) in [7, 11) is 0. The highest BCUT2D eigenvalue weighted by Gasteiger charge is 2.26. The Kier molecular flexibility index (Phi) is 6.29. The fraction of sp³-hybridized carbons (Fsp3) is 0.167. The largest absolute Gasteiger partial charge is 0.491 e. The Balaban J connectivity index is 1.57. The fourth-order valence-corrected chi connectivity index (χ4v) is 5.07. The van der Waals surface area contributed by atoms with Gasteiger partial charge in [-0.2, -0.15) is 0 Å². The predicted octanol–water partition coefficient (Wildman–Crippen LogP) is 7.17. The van der Waals surface area contributed by atoms with E-state index in [2.05, 4.69) is 50.2 Å². The van der Waals surface area contributed by atoms with E-state index in [0.717, 1.165) is 52.8 Å². The molecular weight excluding hydrogens is 484 g/mol. The van der Waals surface area contributed by atoms with E-state index in [4.69, 9.17) is 4.74 Å². The molecule has 38 heavy (non-hydrogen) atoms.